The first-order valence-electron chi connectivity index (χ1n) is 9.66. The Labute approximate surface area is 207 Å². The van der Waals surface area contributed by atoms with Crippen LogP contribution in [0.4, 0.5) is 10.5 Å². The van der Waals surface area contributed by atoms with Gasteiger partial charge in [0.05, 0.1) is 20.2 Å². The number of hydrogen-bond acceptors (Lipinski definition) is 4. The van der Waals surface area contributed by atoms with Gasteiger partial charge in [0, 0.05) is 0 Å². The summed E-state index contributed by atoms with van der Waals surface area (Å²) >= 11 is 15.4. The molecule has 1 fully saturated rings. The van der Waals surface area contributed by atoms with Crippen LogP contribution in [0.2, 0.25) is 10.0 Å². The molecule has 0 bridgehead atoms. The van der Waals surface area contributed by atoms with E-state index in [-0.39, 0.29) is 21.3 Å². The molecule has 33 heavy (non-hydrogen) atoms. The minimum absolute atomic E-state index is 0.173. The smallest absolute Gasteiger partial charge is 0.335 e. The number of urea groups is 1. The van der Waals surface area contributed by atoms with E-state index in [2.05, 4.69) is 21.2 Å². The SMILES string of the molecule is O=C1NC(=O)N(c2ccc(Cl)c(Cl)c2)C(=O)/C1=C/c1ccc(OCc2ccccc2)c(Br)c1. The van der Waals surface area contributed by atoms with Crippen molar-refractivity contribution in [1.82, 2.24) is 5.32 Å². The number of amides is 4. The molecule has 0 spiro atoms. The van der Waals surface area contributed by atoms with E-state index in [9.17, 15) is 14.4 Å². The molecule has 0 unspecified atom stereocenters. The molecule has 1 heterocycles. The summed E-state index contributed by atoms with van der Waals surface area (Å²) in [6.07, 6.45) is 1.40. The number of halogens is 3. The van der Waals surface area contributed by atoms with Crippen molar-refractivity contribution < 1.29 is 19.1 Å². The Bertz CT molecular complexity index is 1290. The van der Waals surface area contributed by atoms with Gasteiger partial charge in [0.2, 0.25) is 0 Å². The predicted molar refractivity (Wildman–Crippen MR) is 130 cm³/mol. The number of carbonyl (C=O) groups excluding carboxylic acids is 3. The Morgan fingerprint density at radius 2 is 1.70 bits per heavy atom. The molecule has 0 atom stereocenters. The van der Waals surface area contributed by atoms with Crippen LogP contribution >= 0.6 is 39.1 Å². The third-order valence-corrected chi connectivity index (χ3v) is 6.13. The van der Waals surface area contributed by atoms with Crippen molar-refractivity contribution in [1.29, 1.82) is 0 Å². The first-order chi connectivity index (χ1) is 15.8. The monoisotopic (exact) mass is 544 g/mol. The molecule has 0 aromatic heterocycles. The van der Waals surface area contributed by atoms with Crippen molar-refractivity contribution in [2.75, 3.05) is 4.90 Å². The van der Waals surface area contributed by atoms with Gasteiger partial charge in [0.1, 0.15) is 17.9 Å². The van der Waals surface area contributed by atoms with Gasteiger partial charge in [0.25, 0.3) is 11.8 Å². The highest BCUT2D eigenvalue weighted by atomic mass is 79.9. The molecule has 0 saturated carbocycles. The van der Waals surface area contributed by atoms with Crippen LogP contribution in [0.25, 0.3) is 6.08 Å². The molecule has 6 nitrogen and oxygen atoms in total. The van der Waals surface area contributed by atoms with E-state index in [0.717, 1.165) is 10.5 Å². The predicted octanol–water partition coefficient (Wildman–Crippen LogP) is 6.00. The summed E-state index contributed by atoms with van der Waals surface area (Å²) in [4.78, 5) is 38.6. The fraction of sp³-hybridized carbons (Fsp3) is 0.0417. The Hall–Kier alpha value is -3.13. The molecule has 4 rings (SSSR count). The molecule has 1 N–H and O–H groups in total. The van der Waals surface area contributed by atoms with Crippen LogP contribution in [-0.4, -0.2) is 17.8 Å². The van der Waals surface area contributed by atoms with E-state index in [1.807, 2.05) is 30.3 Å². The molecule has 3 aromatic rings. The fourth-order valence-electron chi connectivity index (χ4n) is 3.14. The molecule has 166 valence electrons. The lowest BCUT2D eigenvalue weighted by molar-refractivity contribution is -0.122. The Morgan fingerprint density at radius 3 is 2.39 bits per heavy atom. The maximum absolute atomic E-state index is 13.0. The fourth-order valence-corrected chi connectivity index (χ4v) is 3.95. The number of rotatable bonds is 5. The number of carbonyl (C=O) groups is 3. The van der Waals surface area contributed by atoms with Gasteiger partial charge in [-0.2, -0.15) is 0 Å². The van der Waals surface area contributed by atoms with Crippen LogP contribution in [0.5, 0.6) is 5.75 Å². The summed E-state index contributed by atoms with van der Waals surface area (Å²) < 4.78 is 6.48. The maximum Gasteiger partial charge on any atom is 0.335 e. The van der Waals surface area contributed by atoms with Gasteiger partial charge in [-0.1, -0.05) is 59.6 Å². The Balaban J connectivity index is 1.58. The average Bonchev–Trinajstić information content (AvgIpc) is 2.79. The van der Waals surface area contributed by atoms with Crippen LogP contribution in [0.3, 0.4) is 0 Å². The molecular weight excluding hydrogens is 531 g/mol. The average molecular weight is 546 g/mol. The molecule has 1 aliphatic rings. The summed E-state index contributed by atoms with van der Waals surface area (Å²) in [7, 11) is 0. The van der Waals surface area contributed by atoms with Crippen molar-refractivity contribution in [2.24, 2.45) is 0 Å². The lowest BCUT2D eigenvalue weighted by Crippen LogP contribution is -2.54. The van der Waals surface area contributed by atoms with E-state index in [1.54, 1.807) is 18.2 Å². The zero-order valence-corrected chi connectivity index (χ0v) is 19.9. The van der Waals surface area contributed by atoms with Crippen molar-refractivity contribution in [3.63, 3.8) is 0 Å². The lowest BCUT2D eigenvalue weighted by Gasteiger charge is -2.26. The number of anilines is 1. The van der Waals surface area contributed by atoms with Crippen molar-refractivity contribution in [3.8, 4) is 5.75 Å². The van der Waals surface area contributed by atoms with E-state index in [0.29, 0.717) is 22.4 Å². The molecule has 0 aliphatic carbocycles. The topological polar surface area (TPSA) is 75.7 Å². The summed E-state index contributed by atoms with van der Waals surface area (Å²) in [6, 6.07) is 18.3. The number of nitrogens with zero attached hydrogens (tertiary/aromatic N) is 1. The number of nitrogens with one attached hydrogen (secondary N) is 1. The minimum Gasteiger partial charge on any atom is -0.488 e. The van der Waals surface area contributed by atoms with E-state index >= 15 is 0 Å². The standard InChI is InChI=1S/C24H15BrCl2N2O4/c25-18-11-15(6-9-21(18)33-13-14-4-2-1-3-5-14)10-17-22(30)28-24(32)29(23(17)31)16-7-8-19(26)20(27)12-16/h1-12H,13H2,(H,28,30,32)/b17-10+. The van der Waals surface area contributed by atoms with Crippen LogP contribution in [0, 0.1) is 0 Å². The highest BCUT2D eigenvalue weighted by molar-refractivity contribution is 9.10. The van der Waals surface area contributed by atoms with Crippen LogP contribution < -0.4 is 15.0 Å². The number of ether oxygens (including phenoxy) is 1. The molecule has 9 heteroatoms. The number of hydrogen-bond donors (Lipinski definition) is 1. The zero-order chi connectivity index (χ0) is 23.5. The quantitative estimate of drug-likeness (QED) is 0.315. The summed E-state index contributed by atoms with van der Waals surface area (Å²) in [6.45, 7) is 0.390. The third-order valence-electron chi connectivity index (χ3n) is 4.77. The second kappa shape index (κ2) is 9.79. The molecular formula is C24H15BrCl2N2O4. The Morgan fingerprint density at radius 1 is 0.939 bits per heavy atom. The minimum atomic E-state index is -0.869. The summed E-state index contributed by atoms with van der Waals surface area (Å²) in [5.41, 5.74) is 1.57. The maximum atomic E-state index is 13.0. The number of benzene rings is 3. The lowest BCUT2D eigenvalue weighted by atomic mass is 10.1. The van der Waals surface area contributed by atoms with Crippen LogP contribution in [-0.2, 0) is 16.2 Å². The van der Waals surface area contributed by atoms with Gasteiger partial charge in [-0.05, 0) is 63.5 Å². The van der Waals surface area contributed by atoms with E-state index in [1.165, 1.54) is 24.3 Å². The van der Waals surface area contributed by atoms with Crippen LogP contribution in [0.15, 0.2) is 76.8 Å². The van der Waals surface area contributed by atoms with Gasteiger partial charge < -0.3 is 4.74 Å². The highest BCUT2D eigenvalue weighted by Crippen LogP contribution is 2.31. The van der Waals surface area contributed by atoms with Crippen LogP contribution in [0.1, 0.15) is 11.1 Å². The first-order valence-corrected chi connectivity index (χ1v) is 11.2. The Kier molecular flexibility index (Phi) is 6.83. The van der Waals surface area contributed by atoms with Gasteiger partial charge >= 0.3 is 6.03 Å². The highest BCUT2D eigenvalue weighted by Gasteiger charge is 2.37. The molecule has 1 saturated heterocycles. The number of barbiturate groups is 1. The number of imide groups is 2. The molecule has 4 amide bonds. The van der Waals surface area contributed by atoms with Gasteiger partial charge in [-0.3, -0.25) is 14.9 Å². The van der Waals surface area contributed by atoms with E-state index < -0.39 is 17.8 Å². The third kappa shape index (κ3) is 5.11. The molecule has 0 radical (unpaired) electrons. The molecule has 3 aromatic carbocycles. The zero-order valence-electron chi connectivity index (χ0n) is 16.8. The first kappa shape index (κ1) is 23.0. The van der Waals surface area contributed by atoms with Gasteiger partial charge in [0.15, 0.2) is 0 Å². The van der Waals surface area contributed by atoms with Crippen molar-refractivity contribution in [3.05, 3.63) is 97.9 Å². The van der Waals surface area contributed by atoms with Gasteiger partial charge in [-0.25, -0.2) is 9.69 Å². The van der Waals surface area contributed by atoms with Crippen molar-refractivity contribution >= 4 is 68.7 Å². The molecule has 1 aliphatic heterocycles. The normalized spacial score (nSPS) is 15.1. The van der Waals surface area contributed by atoms with E-state index in [4.69, 9.17) is 27.9 Å². The summed E-state index contributed by atoms with van der Waals surface area (Å²) in [5.74, 6) is -0.961. The van der Waals surface area contributed by atoms with Crippen molar-refractivity contribution in [2.45, 2.75) is 6.61 Å². The largest absolute Gasteiger partial charge is 0.488 e. The van der Waals surface area contributed by atoms with Gasteiger partial charge in [-0.15, -0.1) is 0 Å². The second-order valence-electron chi connectivity index (χ2n) is 7.02. The second-order valence-corrected chi connectivity index (χ2v) is 8.69. The summed E-state index contributed by atoms with van der Waals surface area (Å²) in [5, 5.41) is 2.62.